The highest BCUT2D eigenvalue weighted by atomic mass is 16.5. The van der Waals surface area contributed by atoms with Crippen LogP contribution in [0.5, 0.6) is 5.75 Å². The lowest BCUT2D eigenvalue weighted by Gasteiger charge is -2.29. The van der Waals surface area contributed by atoms with Crippen LogP contribution in [0.25, 0.3) is 0 Å². The molecule has 1 aromatic heterocycles. The molecule has 2 unspecified atom stereocenters. The summed E-state index contributed by atoms with van der Waals surface area (Å²) >= 11 is 0. The van der Waals surface area contributed by atoms with Crippen LogP contribution in [0.3, 0.4) is 0 Å². The zero-order valence-corrected chi connectivity index (χ0v) is 19.0. The number of carbonyl (C=O) groups excluding carboxylic acids is 1. The Morgan fingerprint density at radius 2 is 1.76 bits per heavy atom. The van der Waals surface area contributed by atoms with Gasteiger partial charge in [-0.05, 0) is 59.7 Å². The van der Waals surface area contributed by atoms with Gasteiger partial charge in [0, 0.05) is 30.1 Å². The van der Waals surface area contributed by atoms with E-state index in [1.54, 1.807) is 6.20 Å². The van der Waals surface area contributed by atoms with E-state index in [1.165, 1.54) is 0 Å². The first kappa shape index (κ1) is 21.3. The molecule has 5 heteroatoms. The summed E-state index contributed by atoms with van der Waals surface area (Å²) in [5.41, 5.74) is 5.92. The van der Waals surface area contributed by atoms with E-state index in [0.717, 1.165) is 45.9 Å². The molecule has 5 nitrogen and oxygen atoms in total. The van der Waals surface area contributed by atoms with Crippen molar-refractivity contribution in [2.24, 2.45) is 5.92 Å². The second kappa shape index (κ2) is 9.10. The number of nitrogens with one attached hydrogen (secondary N) is 2. The Morgan fingerprint density at radius 1 is 0.970 bits per heavy atom. The van der Waals surface area contributed by atoms with Gasteiger partial charge in [-0.2, -0.15) is 0 Å². The lowest BCUT2D eigenvalue weighted by molar-refractivity contribution is -0.116. The second-order valence-corrected chi connectivity index (χ2v) is 9.23. The zero-order chi connectivity index (χ0) is 22.8. The van der Waals surface area contributed by atoms with E-state index >= 15 is 0 Å². The van der Waals surface area contributed by atoms with Gasteiger partial charge < -0.3 is 15.4 Å². The van der Waals surface area contributed by atoms with Crippen molar-refractivity contribution in [1.29, 1.82) is 0 Å². The molecule has 1 aliphatic carbocycles. The van der Waals surface area contributed by atoms with Crippen LogP contribution in [-0.2, 0) is 4.79 Å². The minimum absolute atomic E-state index is 0.128. The number of benzene rings is 2. The van der Waals surface area contributed by atoms with E-state index in [0.29, 0.717) is 18.9 Å². The molecule has 1 aliphatic heterocycles. The van der Waals surface area contributed by atoms with Crippen LogP contribution < -0.4 is 15.4 Å². The number of pyridine rings is 1. The van der Waals surface area contributed by atoms with Crippen LogP contribution in [0.1, 0.15) is 49.8 Å². The molecular formula is C28H29N3O2. The average Bonchev–Trinajstić information content (AvgIpc) is 3.00. The molecule has 0 saturated heterocycles. The molecule has 2 N–H and O–H groups in total. The predicted octanol–water partition coefficient (Wildman–Crippen LogP) is 6.10. The number of nitrogens with zero attached hydrogens (tertiary/aromatic N) is 1. The maximum absolute atomic E-state index is 13.6. The number of para-hydroxylation sites is 2. The van der Waals surface area contributed by atoms with Crippen molar-refractivity contribution in [2.75, 3.05) is 17.2 Å². The van der Waals surface area contributed by atoms with Gasteiger partial charge in [0.15, 0.2) is 5.78 Å². The molecule has 168 valence electrons. The van der Waals surface area contributed by atoms with E-state index in [2.05, 4.69) is 41.6 Å². The molecule has 5 rings (SSSR count). The predicted molar refractivity (Wildman–Crippen MR) is 131 cm³/mol. The van der Waals surface area contributed by atoms with Crippen LogP contribution >= 0.6 is 0 Å². The van der Waals surface area contributed by atoms with Crippen LogP contribution in [0.2, 0.25) is 0 Å². The summed E-state index contributed by atoms with van der Waals surface area (Å²) < 4.78 is 5.83. The third-order valence-corrected chi connectivity index (χ3v) is 6.26. The largest absolute Gasteiger partial charge is 0.493 e. The summed E-state index contributed by atoms with van der Waals surface area (Å²) in [6.45, 7) is 4.97. The standard InChI is InChI=1S/C28H29N3O2/c1-18(2)17-33-22-11-9-19(10-12-22)21-14-25-27(26(32)15-21)28(20-6-5-13-29-16-20)31-24-8-4-3-7-23(24)30-25/h3-13,16,18,21,28,30-31H,14-15,17H2,1-2H3. The number of hydrogen-bond donors (Lipinski definition) is 2. The van der Waals surface area contributed by atoms with Gasteiger partial charge in [0.1, 0.15) is 5.75 Å². The van der Waals surface area contributed by atoms with Crippen molar-refractivity contribution in [2.45, 2.75) is 38.6 Å². The van der Waals surface area contributed by atoms with Crippen molar-refractivity contribution in [3.63, 3.8) is 0 Å². The Morgan fingerprint density at radius 3 is 2.48 bits per heavy atom. The van der Waals surface area contributed by atoms with Crippen LogP contribution in [0, 0.1) is 5.92 Å². The lowest BCUT2D eigenvalue weighted by Crippen LogP contribution is -2.26. The topological polar surface area (TPSA) is 63.2 Å². The van der Waals surface area contributed by atoms with Gasteiger partial charge in [-0.15, -0.1) is 0 Å². The summed E-state index contributed by atoms with van der Waals surface area (Å²) in [6.07, 6.45) is 4.86. The number of Topliss-reactive ketones (excluding diaryl/α,β-unsaturated/α-hetero) is 1. The first-order chi connectivity index (χ1) is 16.1. The van der Waals surface area contributed by atoms with Gasteiger partial charge >= 0.3 is 0 Å². The van der Waals surface area contributed by atoms with Gasteiger partial charge in [0.05, 0.1) is 24.0 Å². The third kappa shape index (κ3) is 4.49. The Bertz CT molecular complexity index is 1170. The molecule has 3 aromatic rings. The number of rotatable bonds is 5. The number of fused-ring (bicyclic) bond motifs is 1. The number of anilines is 2. The quantitative estimate of drug-likeness (QED) is 0.503. The van der Waals surface area contributed by atoms with Gasteiger partial charge in [-0.25, -0.2) is 0 Å². The highest BCUT2D eigenvalue weighted by molar-refractivity contribution is 6.01. The second-order valence-electron chi connectivity index (χ2n) is 9.23. The van der Waals surface area contributed by atoms with E-state index in [9.17, 15) is 4.79 Å². The average molecular weight is 440 g/mol. The molecule has 2 atom stereocenters. The summed E-state index contributed by atoms with van der Waals surface area (Å²) in [6, 6.07) is 20.0. The van der Waals surface area contributed by atoms with E-state index in [4.69, 9.17) is 4.74 Å². The summed E-state index contributed by atoms with van der Waals surface area (Å²) in [5.74, 6) is 1.65. The van der Waals surface area contributed by atoms with Gasteiger partial charge in [-0.3, -0.25) is 9.78 Å². The minimum atomic E-state index is -0.231. The van der Waals surface area contributed by atoms with Crippen LogP contribution in [-0.4, -0.2) is 17.4 Å². The van der Waals surface area contributed by atoms with E-state index in [1.807, 2.05) is 54.7 Å². The summed E-state index contributed by atoms with van der Waals surface area (Å²) in [5, 5.41) is 7.18. The molecule has 2 aromatic carbocycles. The highest BCUT2D eigenvalue weighted by Crippen LogP contribution is 2.44. The normalized spacial score (nSPS) is 19.8. The van der Waals surface area contributed by atoms with E-state index in [-0.39, 0.29) is 17.7 Å². The molecule has 0 fully saturated rings. The van der Waals surface area contributed by atoms with Gasteiger partial charge in [0.25, 0.3) is 0 Å². The minimum Gasteiger partial charge on any atom is -0.493 e. The van der Waals surface area contributed by atoms with Crippen molar-refractivity contribution < 1.29 is 9.53 Å². The molecule has 0 saturated carbocycles. The lowest BCUT2D eigenvalue weighted by atomic mass is 9.78. The SMILES string of the molecule is CC(C)COc1ccc(C2CC(=O)C3=C(C2)Nc2ccccc2NC3c2cccnc2)cc1. The molecular weight excluding hydrogens is 410 g/mol. The van der Waals surface area contributed by atoms with Crippen LogP contribution in [0.15, 0.2) is 84.3 Å². The summed E-state index contributed by atoms with van der Waals surface area (Å²) in [7, 11) is 0. The molecule has 33 heavy (non-hydrogen) atoms. The monoisotopic (exact) mass is 439 g/mol. The van der Waals surface area contributed by atoms with Gasteiger partial charge in [0.2, 0.25) is 0 Å². The molecule has 2 heterocycles. The first-order valence-corrected chi connectivity index (χ1v) is 11.6. The van der Waals surface area contributed by atoms with Crippen molar-refractivity contribution >= 4 is 17.2 Å². The van der Waals surface area contributed by atoms with E-state index < -0.39 is 0 Å². The van der Waals surface area contributed by atoms with Crippen molar-refractivity contribution in [3.8, 4) is 5.75 Å². The van der Waals surface area contributed by atoms with Crippen molar-refractivity contribution in [1.82, 2.24) is 4.98 Å². The number of ether oxygens (including phenoxy) is 1. The number of hydrogen-bond acceptors (Lipinski definition) is 5. The highest BCUT2D eigenvalue weighted by Gasteiger charge is 2.36. The molecule has 0 radical (unpaired) electrons. The molecule has 0 spiro atoms. The fraction of sp³-hybridized carbons (Fsp3) is 0.286. The Balaban J connectivity index is 1.47. The fourth-order valence-electron chi connectivity index (χ4n) is 4.62. The number of aromatic nitrogens is 1. The Labute approximate surface area is 194 Å². The molecule has 0 bridgehead atoms. The molecule has 2 aliphatic rings. The smallest absolute Gasteiger partial charge is 0.163 e. The Kier molecular flexibility index (Phi) is 5.86. The number of ketones is 1. The maximum atomic E-state index is 13.6. The number of allylic oxidation sites excluding steroid dienone is 1. The first-order valence-electron chi connectivity index (χ1n) is 11.6. The van der Waals surface area contributed by atoms with Crippen molar-refractivity contribution in [3.05, 3.63) is 95.5 Å². The Hall–Kier alpha value is -3.60. The fourth-order valence-corrected chi connectivity index (χ4v) is 4.62. The van der Waals surface area contributed by atoms with Gasteiger partial charge in [-0.1, -0.05) is 44.2 Å². The molecule has 0 amide bonds. The third-order valence-electron chi connectivity index (χ3n) is 6.26. The maximum Gasteiger partial charge on any atom is 0.163 e. The number of carbonyl (C=O) groups is 1. The summed E-state index contributed by atoms with van der Waals surface area (Å²) in [4.78, 5) is 17.9. The van der Waals surface area contributed by atoms with Crippen LogP contribution in [0.4, 0.5) is 11.4 Å². The zero-order valence-electron chi connectivity index (χ0n) is 19.0.